The van der Waals surface area contributed by atoms with Crippen LogP contribution in [0.1, 0.15) is 44.3 Å². The van der Waals surface area contributed by atoms with E-state index < -0.39 is 6.10 Å². The predicted molar refractivity (Wildman–Crippen MR) is 99.2 cm³/mol. The summed E-state index contributed by atoms with van der Waals surface area (Å²) in [6, 6.07) is 10.2. The molecule has 1 aliphatic heterocycles. The summed E-state index contributed by atoms with van der Waals surface area (Å²) in [5.74, 6) is 0.743. The maximum Gasteiger partial charge on any atom is 0.237 e. The lowest BCUT2D eigenvalue weighted by Crippen LogP contribution is -2.46. The van der Waals surface area contributed by atoms with E-state index in [0.717, 1.165) is 50.9 Å². The highest BCUT2D eigenvalue weighted by Crippen LogP contribution is 2.21. The van der Waals surface area contributed by atoms with Crippen molar-refractivity contribution >= 4 is 5.91 Å². The zero-order valence-corrected chi connectivity index (χ0v) is 15.2. The normalized spacial score (nSPS) is 21.7. The molecule has 1 aromatic rings. The van der Waals surface area contributed by atoms with Crippen molar-refractivity contribution in [2.24, 2.45) is 5.92 Å². The first-order chi connectivity index (χ1) is 12.1. The summed E-state index contributed by atoms with van der Waals surface area (Å²) in [6.45, 7) is 5.57. The van der Waals surface area contributed by atoms with Crippen LogP contribution in [0.3, 0.4) is 0 Å². The molecule has 1 heterocycles. The number of nitrogens with one attached hydrogen (secondary N) is 2. The Balaban J connectivity index is 1.33. The van der Waals surface area contributed by atoms with E-state index in [-0.39, 0.29) is 11.9 Å². The van der Waals surface area contributed by atoms with Crippen LogP contribution in [0.2, 0.25) is 0 Å². The molecule has 1 saturated carbocycles. The third-order valence-corrected chi connectivity index (χ3v) is 5.35. The molecule has 0 bridgehead atoms. The molecule has 1 amide bonds. The average molecular weight is 345 g/mol. The fourth-order valence-electron chi connectivity index (χ4n) is 3.39. The van der Waals surface area contributed by atoms with E-state index in [4.69, 9.17) is 0 Å². The first kappa shape index (κ1) is 18.4. The van der Waals surface area contributed by atoms with Gasteiger partial charge in [-0.05, 0) is 63.7 Å². The molecule has 2 atom stereocenters. The second kappa shape index (κ2) is 8.79. The van der Waals surface area contributed by atoms with Crippen molar-refractivity contribution in [2.45, 2.75) is 50.8 Å². The van der Waals surface area contributed by atoms with E-state index >= 15 is 0 Å². The zero-order valence-electron chi connectivity index (χ0n) is 15.2. The van der Waals surface area contributed by atoms with E-state index in [9.17, 15) is 9.90 Å². The van der Waals surface area contributed by atoms with Crippen molar-refractivity contribution in [3.05, 3.63) is 35.9 Å². The largest absolute Gasteiger partial charge is 0.387 e. The summed E-state index contributed by atoms with van der Waals surface area (Å²) in [5.41, 5.74) is 0.988. The van der Waals surface area contributed by atoms with Gasteiger partial charge in [0.1, 0.15) is 0 Å². The molecule has 2 aliphatic rings. The van der Waals surface area contributed by atoms with Crippen LogP contribution in [0.5, 0.6) is 0 Å². The first-order valence-corrected chi connectivity index (χ1v) is 9.61. The Morgan fingerprint density at radius 2 is 1.88 bits per heavy atom. The van der Waals surface area contributed by atoms with Crippen molar-refractivity contribution in [2.75, 3.05) is 26.2 Å². The number of amides is 1. The molecule has 3 rings (SSSR count). The Kier molecular flexibility index (Phi) is 6.45. The molecule has 25 heavy (non-hydrogen) atoms. The Morgan fingerprint density at radius 1 is 1.20 bits per heavy atom. The maximum absolute atomic E-state index is 12.0. The highest BCUT2D eigenvalue weighted by molar-refractivity contribution is 5.81. The van der Waals surface area contributed by atoms with Gasteiger partial charge in [0, 0.05) is 12.6 Å². The molecule has 0 unspecified atom stereocenters. The molecule has 3 N–H and O–H groups in total. The quantitative estimate of drug-likeness (QED) is 0.671. The van der Waals surface area contributed by atoms with Crippen LogP contribution in [0.25, 0.3) is 0 Å². The van der Waals surface area contributed by atoms with Gasteiger partial charge in [-0.1, -0.05) is 30.3 Å². The summed E-state index contributed by atoms with van der Waals surface area (Å²) >= 11 is 0. The topological polar surface area (TPSA) is 64.6 Å². The molecule has 1 saturated heterocycles. The summed E-state index contributed by atoms with van der Waals surface area (Å²) in [5, 5.41) is 16.8. The lowest BCUT2D eigenvalue weighted by atomic mass is 9.96. The fourth-order valence-corrected chi connectivity index (χ4v) is 3.39. The zero-order chi connectivity index (χ0) is 17.6. The van der Waals surface area contributed by atoms with Crippen molar-refractivity contribution in [3.63, 3.8) is 0 Å². The highest BCUT2D eigenvalue weighted by Gasteiger charge is 2.26. The minimum atomic E-state index is -0.415. The number of benzene rings is 1. The van der Waals surface area contributed by atoms with Crippen LogP contribution in [0, 0.1) is 5.92 Å². The molecule has 1 aliphatic carbocycles. The molecule has 1 aromatic carbocycles. The number of aliphatic hydroxyl groups is 1. The van der Waals surface area contributed by atoms with E-state index in [1.807, 2.05) is 37.3 Å². The summed E-state index contributed by atoms with van der Waals surface area (Å²) in [7, 11) is 0. The van der Waals surface area contributed by atoms with Crippen LogP contribution in [0.4, 0.5) is 0 Å². The molecule has 0 radical (unpaired) electrons. The third-order valence-electron chi connectivity index (χ3n) is 5.35. The van der Waals surface area contributed by atoms with Gasteiger partial charge in [-0.3, -0.25) is 4.79 Å². The number of likely N-dealkylation sites (tertiary alicyclic amines) is 1. The Morgan fingerprint density at radius 3 is 2.52 bits per heavy atom. The molecule has 0 aromatic heterocycles. The van der Waals surface area contributed by atoms with Gasteiger partial charge in [-0.15, -0.1) is 0 Å². The molecule has 0 spiro atoms. The lowest BCUT2D eigenvalue weighted by Gasteiger charge is -2.33. The number of piperidine rings is 1. The molecule has 138 valence electrons. The predicted octanol–water partition coefficient (Wildman–Crippen LogP) is 1.69. The molecule has 5 heteroatoms. The summed E-state index contributed by atoms with van der Waals surface area (Å²) in [6.07, 6.45) is 4.08. The fraction of sp³-hybridized carbons (Fsp3) is 0.650. The van der Waals surface area contributed by atoms with Crippen LogP contribution in [-0.4, -0.2) is 54.2 Å². The number of nitrogens with zero attached hydrogens (tertiary/aromatic N) is 1. The first-order valence-electron chi connectivity index (χ1n) is 9.61. The van der Waals surface area contributed by atoms with Crippen molar-refractivity contribution in [3.8, 4) is 0 Å². The van der Waals surface area contributed by atoms with Crippen molar-refractivity contribution in [1.82, 2.24) is 15.5 Å². The van der Waals surface area contributed by atoms with Crippen LogP contribution < -0.4 is 10.6 Å². The molecule has 2 fully saturated rings. The number of hydrogen-bond acceptors (Lipinski definition) is 4. The van der Waals surface area contributed by atoms with Gasteiger partial charge in [0.15, 0.2) is 0 Å². The summed E-state index contributed by atoms with van der Waals surface area (Å²) < 4.78 is 0. The Bertz CT molecular complexity index is 539. The van der Waals surface area contributed by atoms with Gasteiger partial charge in [-0.25, -0.2) is 0 Å². The highest BCUT2D eigenvalue weighted by atomic mass is 16.3. The Hall–Kier alpha value is -1.43. The van der Waals surface area contributed by atoms with Gasteiger partial charge in [0.05, 0.1) is 12.1 Å². The number of aliphatic hydroxyl groups excluding tert-OH is 1. The monoisotopic (exact) mass is 345 g/mol. The smallest absolute Gasteiger partial charge is 0.237 e. The molecular weight excluding hydrogens is 314 g/mol. The van der Waals surface area contributed by atoms with Gasteiger partial charge in [-0.2, -0.15) is 0 Å². The molecular formula is C20H31N3O2. The number of carbonyl (C=O) groups excluding carboxylic acids is 1. The lowest BCUT2D eigenvalue weighted by molar-refractivity contribution is -0.122. The minimum absolute atomic E-state index is 0.112. The average Bonchev–Trinajstić information content (AvgIpc) is 3.45. The Labute approximate surface area is 150 Å². The van der Waals surface area contributed by atoms with Gasteiger partial charge < -0.3 is 20.6 Å². The van der Waals surface area contributed by atoms with Gasteiger partial charge in [0.25, 0.3) is 0 Å². The minimum Gasteiger partial charge on any atom is -0.387 e. The van der Waals surface area contributed by atoms with Crippen molar-refractivity contribution in [1.29, 1.82) is 0 Å². The SMILES string of the molecule is C[C@H](NCC1CCN(C[C@H](O)c2ccccc2)CC1)C(=O)NC1CC1. The number of hydrogen-bond donors (Lipinski definition) is 3. The third kappa shape index (κ3) is 5.80. The summed E-state index contributed by atoms with van der Waals surface area (Å²) in [4.78, 5) is 14.3. The van der Waals surface area contributed by atoms with E-state index in [0.29, 0.717) is 18.5 Å². The van der Waals surface area contributed by atoms with E-state index in [1.54, 1.807) is 0 Å². The van der Waals surface area contributed by atoms with Gasteiger partial charge >= 0.3 is 0 Å². The van der Waals surface area contributed by atoms with E-state index in [1.165, 1.54) is 0 Å². The van der Waals surface area contributed by atoms with E-state index in [2.05, 4.69) is 15.5 Å². The number of carbonyl (C=O) groups is 1. The maximum atomic E-state index is 12.0. The second-order valence-electron chi connectivity index (χ2n) is 7.58. The number of rotatable bonds is 8. The second-order valence-corrected chi connectivity index (χ2v) is 7.58. The van der Waals surface area contributed by atoms with Crippen molar-refractivity contribution < 1.29 is 9.90 Å². The number of β-amino-alcohol motifs (C(OH)–C–C–N with tert-alkyl or cyclic N) is 1. The van der Waals surface area contributed by atoms with Crippen LogP contribution >= 0.6 is 0 Å². The van der Waals surface area contributed by atoms with Gasteiger partial charge in [0.2, 0.25) is 5.91 Å². The van der Waals surface area contributed by atoms with Crippen LogP contribution in [0.15, 0.2) is 30.3 Å². The molecule has 5 nitrogen and oxygen atoms in total. The standard InChI is InChI=1S/C20H31N3O2/c1-15(20(25)22-18-7-8-18)21-13-16-9-11-23(12-10-16)14-19(24)17-5-3-2-4-6-17/h2-6,15-16,18-19,21,24H,7-14H2,1H3,(H,22,25)/t15-,19-/m0/s1. The van der Waals surface area contributed by atoms with Crippen LogP contribution in [-0.2, 0) is 4.79 Å².